The summed E-state index contributed by atoms with van der Waals surface area (Å²) >= 11 is 0. The summed E-state index contributed by atoms with van der Waals surface area (Å²) in [6.45, 7) is 0. The standard InChI is InChI=1S/C17H16O4/c1-20-13-5-3-4-12(10-13)6-8-16(18)15-11-14(21-2)7-9-17(15)19/h3-5,7,9-11,16,18-19H,1-2H3. The monoisotopic (exact) mass is 284 g/mol. The average molecular weight is 284 g/mol. The van der Waals surface area contributed by atoms with E-state index in [4.69, 9.17) is 9.47 Å². The average Bonchev–Trinajstić information content (AvgIpc) is 2.53. The van der Waals surface area contributed by atoms with Crippen molar-refractivity contribution in [2.24, 2.45) is 0 Å². The second-order valence-corrected chi connectivity index (χ2v) is 4.33. The second kappa shape index (κ2) is 6.69. The normalized spacial score (nSPS) is 11.2. The van der Waals surface area contributed by atoms with Gasteiger partial charge in [-0.25, -0.2) is 0 Å². The molecule has 0 aromatic heterocycles. The van der Waals surface area contributed by atoms with Crippen LogP contribution < -0.4 is 9.47 Å². The van der Waals surface area contributed by atoms with Gasteiger partial charge in [-0.2, -0.15) is 0 Å². The van der Waals surface area contributed by atoms with Gasteiger partial charge >= 0.3 is 0 Å². The molecule has 0 spiro atoms. The first kappa shape index (κ1) is 14.8. The van der Waals surface area contributed by atoms with Crippen LogP contribution in [0.15, 0.2) is 42.5 Å². The van der Waals surface area contributed by atoms with Crippen molar-refractivity contribution >= 4 is 0 Å². The van der Waals surface area contributed by atoms with Gasteiger partial charge < -0.3 is 19.7 Å². The minimum Gasteiger partial charge on any atom is -0.508 e. The van der Waals surface area contributed by atoms with Crippen molar-refractivity contribution in [3.63, 3.8) is 0 Å². The van der Waals surface area contributed by atoms with Crippen molar-refractivity contribution in [3.05, 3.63) is 53.6 Å². The van der Waals surface area contributed by atoms with Gasteiger partial charge in [0.05, 0.1) is 14.2 Å². The third kappa shape index (κ3) is 3.68. The highest BCUT2D eigenvalue weighted by Crippen LogP contribution is 2.28. The number of ether oxygens (including phenoxy) is 2. The van der Waals surface area contributed by atoms with Crippen LogP contribution in [0.1, 0.15) is 17.2 Å². The zero-order valence-electron chi connectivity index (χ0n) is 11.8. The van der Waals surface area contributed by atoms with E-state index in [9.17, 15) is 10.2 Å². The molecule has 1 atom stereocenters. The third-order valence-corrected chi connectivity index (χ3v) is 2.95. The Morgan fingerprint density at radius 1 is 1.00 bits per heavy atom. The molecule has 2 N–H and O–H groups in total. The Morgan fingerprint density at radius 3 is 2.43 bits per heavy atom. The van der Waals surface area contributed by atoms with E-state index in [0.717, 1.165) is 5.56 Å². The molecule has 4 heteroatoms. The molecule has 21 heavy (non-hydrogen) atoms. The lowest BCUT2D eigenvalue weighted by Crippen LogP contribution is -1.96. The van der Waals surface area contributed by atoms with Crippen LogP contribution in [-0.2, 0) is 0 Å². The largest absolute Gasteiger partial charge is 0.508 e. The van der Waals surface area contributed by atoms with Crippen LogP contribution in [0.4, 0.5) is 0 Å². The molecule has 0 saturated heterocycles. The molecule has 0 amide bonds. The molecule has 0 aliphatic carbocycles. The number of hydrogen-bond donors (Lipinski definition) is 2. The summed E-state index contributed by atoms with van der Waals surface area (Å²) < 4.78 is 10.2. The van der Waals surface area contributed by atoms with Gasteiger partial charge in [0.15, 0.2) is 0 Å². The molecular formula is C17H16O4. The van der Waals surface area contributed by atoms with Crippen LogP contribution in [0.25, 0.3) is 0 Å². The number of rotatable bonds is 3. The summed E-state index contributed by atoms with van der Waals surface area (Å²) in [5.74, 6) is 6.76. The second-order valence-electron chi connectivity index (χ2n) is 4.33. The molecule has 108 valence electrons. The number of phenols is 1. The lowest BCUT2D eigenvalue weighted by molar-refractivity contribution is 0.232. The third-order valence-electron chi connectivity index (χ3n) is 2.95. The summed E-state index contributed by atoms with van der Waals surface area (Å²) in [5.41, 5.74) is 1.03. The fourth-order valence-corrected chi connectivity index (χ4v) is 1.81. The molecule has 0 aliphatic rings. The molecule has 2 rings (SSSR count). The molecule has 0 aliphatic heterocycles. The highest BCUT2D eigenvalue weighted by Gasteiger charge is 2.10. The number of benzene rings is 2. The van der Waals surface area contributed by atoms with E-state index in [1.165, 1.54) is 13.2 Å². The van der Waals surface area contributed by atoms with E-state index >= 15 is 0 Å². The first-order valence-electron chi connectivity index (χ1n) is 6.34. The van der Waals surface area contributed by atoms with E-state index in [2.05, 4.69) is 11.8 Å². The fraction of sp³-hybridized carbons (Fsp3) is 0.176. The Labute approximate surface area is 123 Å². The molecule has 2 aromatic carbocycles. The summed E-state index contributed by atoms with van der Waals surface area (Å²) in [6, 6.07) is 11.8. The van der Waals surface area contributed by atoms with Gasteiger partial charge in [0.2, 0.25) is 0 Å². The maximum atomic E-state index is 10.1. The highest BCUT2D eigenvalue weighted by molar-refractivity contribution is 5.45. The maximum absolute atomic E-state index is 10.1. The molecule has 0 radical (unpaired) electrons. The van der Waals surface area contributed by atoms with E-state index in [1.54, 1.807) is 25.3 Å². The number of aromatic hydroxyl groups is 1. The molecular weight excluding hydrogens is 268 g/mol. The van der Waals surface area contributed by atoms with Crippen LogP contribution in [0.5, 0.6) is 17.2 Å². The van der Waals surface area contributed by atoms with Gasteiger partial charge in [0, 0.05) is 11.1 Å². The van der Waals surface area contributed by atoms with E-state index < -0.39 is 6.10 Å². The predicted octanol–water partition coefficient (Wildman–Crippen LogP) is 2.49. The fourth-order valence-electron chi connectivity index (χ4n) is 1.81. The number of phenolic OH excluding ortho intramolecular Hbond substituents is 1. The summed E-state index contributed by atoms with van der Waals surface area (Å²) in [6.07, 6.45) is -1.11. The van der Waals surface area contributed by atoms with Crippen LogP contribution >= 0.6 is 0 Å². The van der Waals surface area contributed by atoms with Gasteiger partial charge in [-0.1, -0.05) is 17.9 Å². The molecule has 0 saturated carbocycles. The van der Waals surface area contributed by atoms with Crippen molar-refractivity contribution in [2.45, 2.75) is 6.10 Å². The molecule has 0 fully saturated rings. The number of methoxy groups -OCH3 is 2. The summed E-state index contributed by atoms with van der Waals surface area (Å²) in [7, 11) is 3.10. The van der Waals surface area contributed by atoms with Gasteiger partial charge in [-0.05, 0) is 36.4 Å². The van der Waals surface area contributed by atoms with Crippen molar-refractivity contribution in [3.8, 4) is 29.1 Å². The predicted molar refractivity (Wildman–Crippen MR) is 79.5 cm³/mol. The first-order valence-corrected chi connectivity index (χ1v) is 6.34. The van der Waals surface area contributed by atoms with Crippen molar-refractivity contribution in [1.29, 1.82) is 0 Å². The minimum atomic E-state index is -1.11. The van der Waals surface area contributed by atoms with Crippen molar-refractivity contribution < 1.29 is 19.7 Å². The molecule has 1 unspecified atom stereocenters. The van der Waals surface area contributed by atoms with Crippen LogP contribution in [0.2, 0.25) is 0 Å². The van der Waals surface area contributed by atoms with Crippen LogP contribution in [0, 0.1) is 11.8 Å². The number of aliphatic hydroxyl groups excluding tert-OH is 1. The summed E-state index contributed by atoms with van der Waals surface area (Å²) in [4.78, 5) is 0. The number of aliphatic hydroxyl groups is 1. The smallest absolute Gasteiger partial charge is 0.144 e. The Kier molecular flexibility index (Phi) is 4.70. The topological polar surface area (TPSA) is 58.9 Å². The number of hydrogen-bond acceptors (Lipinski definition) is 4. The molecule has 2 aromatic rings. The van der Waals surface area contributed by atoms with Gasteiger partial charge in [-0.3, -0.25) is 0 Å². The first-order chi connectivity index (χ1) is 10.1. The molecule has 0 heterocycles. The van der Waals surface area contributed by atoms with Gasteiger partial charge in [-0.15, -0.1) is 0 Å². The Hall–Kier alpha value is -2.64. The maximum Gasteiger partial charge on any atom is 0.144 e. The SMILES string of the molecule is COc1cccc(C#CC(O)c2cc(OC)ccc2O)c1. The van der Waals surface area contributed by atoms with Crippen molar-refractivity contribution in [1.82, 2.24) is 0 Å². The zero-order valence-corrected chi connectivity index (χ0v) is 11.8. The summed E-state index contributed by atoms with van der Waals surface area (Å²) in [5, 5.41) is 19.9. The lowest BCUT2D eigenvalue weighted by atomic mass is 10.1. The minimum absolute atomic E-state index is 0.0248. The Morgan fingerprint density at radius 2 is 1.71 bits per heavy atom. The zero-order chi connectivity index (χ0) is 15.2. The van der Waals surface area contributed by atoms with E-state index in [1.807, 2.05) is 18.2 Å². The molecule has 4 nitrogen and oxygen atoms in total. The highest BCUT2D eigenvalue weighted by atomic mass is 16.5. The Bertz CT molecular complexity index is 683. The van der Waals surface area contributed by atoms with Gasteiger partial charge in [0.1, 0.15) is 23.4 Å². The van der Waals surface area contributed by atoms with E-state index in [0.29, 0.717) is 17.1 Å². The Balaban J connectivity index is 2.25. The van der Waals surface area contributed by atoms with Crippen LogP contribution in [-0.4, -0.2) is 24.4 Å². The quantitative estimate of drug-likeness (QED) is 0.850. The lowest BCUT2D eigenvalue weighted by Gasteiger charge is -2.08. The van der Waals surface area contributed by atoms with Gasteiger partial charge in [0.25, 0.3) is 0 Å². The van der Waals surface area contributed by atoms with Crippen molar-refractivity contribution in [2.75, 3.05) is 14.2 Å². The van der Waals surface area contributed by atoms with E-state index in [-0.39, 0.29) is 5.75 Å². The molecule has 0 bridgehead atoms. The van der Waals surface area contributed by atoms with Crippen LogP contribution in [0.3, 0.4) is 0 Å².